The Kier molecular flexibility index (Phi) is 3.44. The maximum absolute atomic E-state index is 12.7. The van der Waals surface area contributed by atoms with Gasteiger partial charge in [-0.25, -0.2) is 12.8 Å². The lowest BCUT2D eigenvalue weighted by Crippen LogP contribution is -2.32. The van der Waals surface area contributed by atoms with Gasteiger partial charge in [0.05, 0.1) is 23.4 Å². The van der Waals surface area contributed by atoms with Crippen LogP contribution in [0.3, 0.4) is 0 Å². The number of sulfone groups is 1. The highest BCUT2D eigenvalue weighted by atomic mass is 32.2. The second-order valence-corrected chi connectivity index (χ2v) is 6.62. The van der Waals surface area contributed by atoms with Crippen molar-refractivity contribution in [1.82, 2.24) is 10.3 Å². The molecule has 1 aromatic rings. The van der Waals surface area contributed by atoms with E-state index in [-0.39, 0.29) is 29.4 Å². The molecule has 17 heavy (non-hydrogen) atoms. The number of halogens is 1. The van der Waals surface area contributed by atoms with Crippen LogP contribution in [0.5, 0.6) is 0 Å². The first-order valence-electron chi connectivity index (χ1n) is 5.54. The monoisotopic (exact) mass is 258 g/mol. The van der Waals surface area contributed by atoms with E-state index in [0.717, 1.165) is 5.69 Å². The summed E-state index contributed by atoms with van der Waals surface area (Å²) in [7, 11) is -2.87. The molecule has 0 aromatic carbocycles. The number of hydrogen-bond donors (Lipinski definition) is 1. The van der Waals surface area contributed by atoms with E-state index in [1.165, 1.54) is 12.3 Å². The van der Waals surface area contributed by atoms with Gasteiger partial charge in [0, 0.05) is 12.1 Å². The molecule has 6 heteroatoms. The molecule has 2 heterocycles. The lowest BCUT2D eigenvalue weighted by Gasteiger charge is -2.17. The molecule has 94 valence electrons. The number of rotatable bonds is 3. The standard InChI is InChI=1S/C11H15FN2O2S/c1-8(11-3-2-9(12)6-13-11)14-10-4-5-17(15,16)7-10/h2-3,6,8,10,14H,4-5,7H2,1H3. The second kappa shape index (κ2) is 4.70. The van der Waals surface area contributed by atoms with Crippen LogP contribution in [0, 0.1) is 5.82 Å². The summed E-state index contributed by atoms with van der Waals surface area (Å²) in [6.07, 6.45) is 1.80. The maximum atomic E-state index is 12.7. The fraction of sp³-hybridized carbons (Fsp3) is 0.545. The Balaban J connectivity index is 1.98. The normalized spacial score (nSPS) is 24.7. The molecule has 0 saturated carbocycles. The Hall–Kier alpha value is -1.01. The zero-order valence-electron chi connectivity index (χ0n) is 9.56. The van der Waals surface area contributed by atoms with E-state index in [2.05, 4.69) is 10.3 Å². The molecule has 1 aliphatic heterocycles. The Labute approximate surface area is 100 Å². The van der Waals surface area contributed by atoms with Gasteiger partial charge in [-0.2, -0.15) is 0 Å². The smallest absolute Gasteiger partial charge is 0.151 e. The minimum absolute atomic E-state index is 0.0261. The third-order valence-electron chi connectivity index (χ3n) is 2.91. The zero-order valence-corrected chi connectivity index (χ0v) is 10.4. The average Bonchev–Trinajstić information content (AvgIpc) is 2.59. The van der Waals surface area contributed by atoms with Crippen LogP contribution in [0.4, 0.5) is 4.39 Å². The summed E-state index contributed by atoms with van der Waals surface area (Å²) in [4.78, 5) is 3.97. The van der Waals surface area contributed by atoms with Crippen molar-refractivity contribution in [2.45, 2.75) is 25.4 Å². The van der Waals surface area contributed by atoms with Crippen LogP contribution in [0.15, 0.2) is 18.3 Å². The summed E-state index contributed by atoms with van der Waals surface area (Å²) >= 11 is 0. The van der Waals surface area contributed by atoms with Gasteiger partial charge in [-0.3, -0.25) is 4.98 Å². The fourth-order valence-electron chi connectivity index (χ4n) is 2.01. The van der Waals surface area contributed by atoms with E-state index < -0.39 is 9.84 Å². The maximum Gasteiger partial charge on any atom is 0.151 e. The van der Waals surface area contributed by atoms with Crippen LogP contribution < -0.4 is 5.32 Å². The van der Waals surface area contributed by atoms with Crippen molar-refractivity contribution in [3.05, 3.63) is 29.8 Å². The molecule has 1 aromatic heterocycles. The Morgan fingerprint density at radius 1 is 1.53 bits per heavy atom. The predicted molar refractivity (Wildman–Crippen MR) is 62.8 cm³/mol. The van der Waals surface area contributed by atoms with Crippen LogP contribution in [-0.2, 0) is 9.84 Å². The zero-order chi connectivity index (χ0) is 12.5. The lowest BCUT2D eigenvalue weighted by molar-refractivity contribution is 0.476. The SMILES string of the molecule is CC(NC1CCS(=O)(=O)C1)c1ccc(F)cn1. The van der Waals surface area contributed by atoms with Crippen molar-refractivity contribution in [3.63, 3.8) is 0 Å². The van der Waals surface area contributed by atoms with Gasteiger partial charge in [-0.15, -0.1) is 0 Å². The molecule has 0 amide bonds. The first-order valence-corrected chi connectivity index (χ1v) is 7.36. The minimum Gasteiger partial charge on any atom is -0.305 e. The van der Waals surface area contributed by atoms with Crippen molar-refractivity contribution in [2.24, 2.45) is 0 Å². The molecule has 2 unspecified atom stereocenters. The Morgan fingerprint density at radius 3 is 2.82 bits per heavy atom. The van der Waals surface area contributed by atoms with E-state index in [0.29, 0.717) is 6.42 Å². The summed E-state index contributed by atoms with van der Waals surface area (Å²) in [5.74, 6) is 0.0524. The van der Waals surface area contributed by atoms with Gasteiger partial charge in [0.2, 0.25) is 0 Å². The summed E-state index contributed by atoms with van der Waals surface area (Å²) in [6, 6.07) is 2.86. The topological polar surface area (TPSA) is 59.1 Å². The third kappa shape index (κ3) is 3.23. The van der Waals surface area contributed by atoms with E-state index in [9.17, 15) is 12.8 Å². The number of nitrogens with one attached hydrogen (secondary N) is 1. The number of nitrogens with zero attached hydrogens (tertiary/aromatic N) is 1. The van der Waals surface area contributed by atoms with Crippen molar-refractivity contribution in [3.8, 4) is 0 Å². The van der Waals surface area contributed by atoms with Crippen LogP contribution in [0.1, 0.15) is 25.1 Å². The largest absolute Gasteiger partial charge is 0.305 e. The molecule has 0 aliphatic carbocycles. The van der Waals surface area contributed by atoms with Crippen LogP contribution in [0.2, 0.25) is 0 Å². The molecule has 0 radical (unpaired) electrons. The lowest BCUT2D eigenvalue weighted by atomic mass is 10.1. The van der Waals surface area contributed by atoms with Gasteiger partial charge < -0.3 is 5.32 Å². The molecule has 1 fully saturated rings. The fourth-order valence-corrected chi connectivity index (χ4v) is 3.70. The van der Waals surface area contributed by atoms with Crippen molar-refractivity contribution in [1.29, 1.82) is 0 Å². The van der Waals surface area contributed by atoms with Gasteiger partial charge in [0.25, 0.3) is 0 Å². The average molecular weight is 258 g/mol. The van der Waals surface area contributed by atoms with Crippen LogP contribution >= 0.6 is 0 Å². The first-order chi connectivity index (χ1) is 7.96. The van der Waals surface area contributed by atoms with Gasteiger partial charge in [-0.1, -0.05) is 0 Å². The van der Waals surface area contributed by atoms with E-state index >= 15 is 0 Å². The van der Waals surface area contributed by atoms with Gasteiger partial charge in [0.15, 0.2) is 9.84 Å². The molecule has 0 spiro atoms. The van der Waals surface area contributed by atoms with Crippen molar-refractivity contribution >= 4 is 9.84 Å². The van der Waals surface area contributed by atoms with Crippen molar-refractivity contribution < 1.29 is 12.8 Å². The highest BCUT2D eigenvalue weighted by Gasteiger charge is 2.28. The summed E-state index contributed by atoms with van der Waals surface area (Å²) in [5, 5.41) is 3.21. The van der Waals surface area contributed by atoms with Gasteiger partial charge in [-0.05, 0) is 25.5 Å². The number of pyridine rings is 1. The molecule has 1 aliphatic rings. The van der Waals surface area contributed by atoms with Gasteiger partial charge >= 0.3 is 0 Å². The van der Waals surface area contributed by atoms with E-state index in [4.69, 9.17) is 0 Å². The number of hydrogen-bond acceptors (Lipinski definition) is 4. The molecule has 0 bridgehead atoms. The number of aromatic nitrogens is 1. The minimum atomic E-state index is -2.87. The second-order valence-electron chi connectivity index (χ2n) is 4.39. The first kappa shape index (κ1) is 12.4. The quantitative estimate of drug-likeness (QED) is 0.880. The highest BCUT2D eigenvalue weighted by Crippen LogP contribution is 2.16. The molecule has 2 rings (SSSR count). The highest BCUT2D eigenvalue weighted by molar-refractivity contribution is 7.91. The molecule has 1 saturated heterocycles. The molecular formula is C11H15FN2O2S. The Morgan fingerprint density at radius 2 is 2.29 bits per heavy atom. The summed E-state index contributed by atoms with van der Waals surface area (Å²) < 4.78 is 35.3. The predicted octanol–water partition coefficient (Wildman–Crippen LogP) is 1.06. The van der Waals surface area contributed by atoms with Crippen molar-refractivity contribution in [2.75, 3.05) is 11.5 Å². The van der Waals surface area contributed by atoms with E-state index in [1.54, 1.807) is 6.07 Å². The van der Waals surface area contributed by atoms with Crippen LogP contribution in [0.25, 0.3) is 0 Å². The van der Waals surface area contributed by atoms with E-state index in [1.807, 2.05) is 6.92 Å². The molecule has 4 nitrogen and oxygen atoms in total. The summed E-state index contributed by atoms with van der Waals surface area (Å²) in [6.45, 7) is 1.89. The summed E-state index contributed by atoms with van der Waals surface area (Å²) in [5.41, 5.74) is 0.718. The molecular weight excluding hydrogens is 243 g/mol. The molecule has 1 N–H and O–H groups in total. The van der Waals surface area contributed by atoms with Crippen LogP contribution in [-0.4, -0.2) is 30.9 Å². The van der Waals surface area contributed by atoms with Gasteiger partial charge in [0.1, 0.15) is 5.82 Å². The Bertz CT molecular complexity index is 487. The molecule has 2 atom stereocenters. The third-order valence-corrected chi connectivity index (χ3v) is 4.68.